The van der Waals surface area contributed by atoms with Crippen molar-refractivity contribution < 1.29 is 14.4 Å². The number of anilines is 1. The number of nitrogens with zero attached hydrogens (tertiary/aromatic N) is 2. The van der Waals surface area contributed by atoms with Gasteiger partial charge in [-0.15, -0.1) is 6.58 Å². The number of para-hydroxylation sites is 1. The van der Waals surface area contributed by atoms with E-state index < -0.39 is 17.5 Å². The molecule has 2 aromatic rings. The van der Waals surface area contributed by atoms with Crippen LogP contribution in [-0.4, -0.2) is 35.8 Å². The summed E-state index contributed by atoms with van der Waals surface area (Å²) in [6.07, 6.45) is 1.60. The maximum atomic E-state index is 13.1. The molecule has 1 aliphatic heterocycles. The first kappa shape index (κ1) is 19.8. The molecule has 0 saturated carbocycles. The van der Waals surface area contributed by atoms with Crippen LogP contribution in [0.3, 0.4) is 0 Å². The Hall–Kier alpha value is -2.93. The second kappa shape index (κ2) is 7.98. The summed E-state index contributed by atoms with van der Waals surface area (Å²) < 4.78 is 0.705. The summed E-state index contributed by atoms with van der Waals surface area (Å²) in [4.78, 5) is 40.9. The quantitative estimate of drug-likeness (QED) is 0.551. The number of urea groups is 1. The van der Waals surface area contributed by atoms with E-state index >= 15 is 0 Å². The van der Waals surface area contributed by atoms with Crippen LogP contribution in [0.2, 0.25) is 0 Å². The second-order valence-corrected chi connectivity index (χ2v) is 7.41. The predicted molar refractivity (Wildman–Crippen MR) is 111 cm³/mol. The van der Waals surface area contributed by atoms with Gasteiger partial charge >= 0.3 is 6.03 Å². The van der Waals surface area contributed by atoms with Crippen molar-refractivity contribution in [2.24, 2.45) is 0 Å². The highest BCUT2D eigenvalue weighted by Crippen LogP contribution is 2.33. The minimum absolute atomic E-state index is 0.272. The molecule has 1 unspecified atom stereocenters. The first-order chi connectivity index (χ1) is 13.4. The van der Waals surface area contributed by atoms with E-state index in [2.05, 4.69) is 27.8 Å². The summed E-state index contributed by atoms with van der Waals surface area (Å²) in [6, 6.07) is 15.6. The first-order valence-electron chi connectivity index (χ1n) is 8.74. The number of carbonyl (C=O) groups excluding carboxylic acids is 3. The monoisotopic (exact) mass is 441 g/mol. The van der Waals surface area contributed by atoms with Crippen LogP contribution in [0.5, 0.6) is 0 Å². The number of nitrogens with one attached hydrogen (secondary N) is 1. The molecule has 144 valence electrons. The summed E-state index contributed by atoms with van der Waals surface area (Å²) in [7, 11) is 0. The molecule has 0 bridgehead atoms. The number of rotatable bonds is 6. The number of halogens is 1. The van der Waals surface area contributed by atoms with Gasteiger partial charge in [-0.1, -0.05) is 58.4 Å². The van der Waals surface area contributed by atoms with Gasteiger partial charge in [-0.25, -0.2) is 4.79 Å². The van der Waals surface area contributed by atoms with Gasteiger partial charge in [-0.05, 0) is 25.1 Å². The highest BCUT2D eigenvalue weighted by Gasteiger charge is 2.50. The lowest BCUT2D eigenvalue weighted by atomic mass is 9.92. The molecule has 2 aromatic carbocycles. The van der Waals surface area contributed by atoms with E-state index in [1.54, 1.807) is 43.3 Å². The molecular formula is C21H20BrN3O3. The van der Waals surface area contributed by atoms with E-state index in [4.69, 9.17) is 0 Å². The molecule has 7 heteroatoms. The Bertz CT molecular complexity index is 932. The zero-order chi connectivity index (χ0) is 20.3. The lowest BCUT2D eigenvalue weighted by Gasteiger charge is -2.25. The van der Waals surface area contributed by atoms with Crippen LogP contribution >= 0.6 is 15.9 Å². The van der Waals surface area contributed by atoms with Gasteiger partial charge in [0.05, 0.1) is 0 Å². The van der Waals surface area contributed by atoms with Gasteiger partial charge in [0, 0.05) is 22.3 Å². The molecule has 0 aliphatic carbocycles. The van der Waals surface area contributed by atoms with Crippen LogP contribution in [0.1, 0.15) is 12.5 Å². The van der Waals surface area contributed by atoms with Crippen molar-refractivity contribution in [3.05, 3.63) is 77.3 Å². The van der Waals surface area contributed by atoms with Crippen molar-refractivity contribution in [3.8, 4) is 0 Å². The lowest BCUT2D eigenvalue weighted by molar-refractivity contribution is -0.134. The Morgan fingerprint density at radius 2 is 1.82 bits per heavy atom. The minimum atomic E-state index is -1.24. The molecule has 3 rings (SSSR count). The summed E-state index contributed by atoms with van der Waals surface area (Å²) in [5.74, 6) is -0.838. The van der Waals surface area contributed by atoms with Crippen molar-refractivity contribution in [2.75, 3.05) is 18.0 Å². The molecule has 4 amide bonds. The Morgan fingerprint density at radius 3 is 2.46 bits per heavy atom. The third-order valence-electron chi connectivity index (χ3n) is 4.66. The Balaban J connectivity index is 1.85. The van der Waals surface area contributed by atoms with E-state index in [1.165, 1.54) is 4.90 Å². The van der Waals surface area contributed by atoms with Gasteiger partial charge in [-0.3, -0.25) is 14.5 Å². The summed E-state index contributed by atoms with van der Waals surface area (Å²) in [5, 5.41) is 2.72. The zero-order valence-electron chi connectivity index (χ0n) is 15.4. The van der Waals surface area contributed by atoms with Gasteiger partial charge in [0.1, 0.15) is 12.1 Å². The van der Waals surface area contributed by atoms with Crippen LogP contribution < -0.4 is 10.2 Å². The molecule has 1 heterocycles. The standard InChI is InChI=1S/C21H20BrN3O3/c1-3-13-24(15-9-5-4-6-10-15)18(26)14-25-19(27)21(2,23-20(25)28)16-11-7-8-12-17(16)22/h3-12H,1,13-14H2,2H3,(H,23,28). The van der Waals surface area contributed by atoms with Gasteiger partial charge < -0.3 is 10.2 Å². The van der Waals surface area contributed by atoms with Gasteiger partial charge in [0.15, 0.2) is 0 Å². The minimum Gasteiger partial charge on any atom is -0.319 e. The maximum absolute atomic E-state index is 13.1. The average Bonchev–Trinajstić information content (AvgIpc) is 2.90. The molecule has 28 heavy (non-hydrogen) atoms. The van der Waals surface area contributed by atoms with E-state index in [0.717, 1.165) is 4.90 Å². The normalized spacial score (nSPS) is 18.7. The van der Waals surface area contributed by atoms with Crippen LogP contribution in [0.15, 0.2) is 71.7 Å². The molecule has 1 aliphatic rings. The Morgan fingerprint density at radius 1 is 1.18 bits per heavy atom. The van der Waals surface area contributed by atoms with Gasteiger partial charge in [0.25, 0.3) is 5.91 Å². The highest BCUT2D eigenvalue weighted by atomic mass is 79.9. The fourth-order valence-electron chi connectivity index (χ4n) is 3.20. The van der Waals surface area contributed by atoms with E-state index in [9.17, 15) is 14.4 Å². The number of hydrogen-bond donors (Lipinski definition) is 1. The van der Waals surface area contributed by atoms with Crippen molar-refractivity contribution in [1.29, 1.82) is 0 Å². The Kier molecular flexibility index (Phi) is 5.65. The molecule has 1 saturated heterocycles. The van der Waals surface area contributed by atoms with Crippen molar-refractivity contribution in [2.45, 2.75) is 12.5 Å². The van der Waals surface area contributed by atoms with Gasteiger partial charge in [-0.2, -0.15) is 0 Å². The van der Waals surface area contributed by atoms with Gasteiger partial charge in [0.2, 0.25) is 5.91 Å². The predicted octanol–water partition coefficient (Wildman–Crippen LogP) is 3.44. The smallest absolute Gasteiger partial charge is 0.319 e. The Labute approximate surface area is 171 Å². The zero-order valence-corrected chi connectivity index (χ0v) is 17.0. The van der Waals surface area contributed by atoms with Crippen molar-refractivity contribution in [3.63, 3.8) is 0 Å². The number of amides is 4. The van der Waals surface area contributed by atoms with Crippen molar-refractivity contribution in [1.82, 2.24) is 10.2 Å². The highest BCUT2D eigenvalue weighted by molar-refractivity contribution is 9.10. The number of carbonyl (C=O) groups is 3. The summed E-state index contributed by atoms with van der Waals surface area (Å²) in [6.45, 7) is 5.24. The largest absolute Gasteiger partial charge is 0.325 e. The molecule has 0 radical (unpaired) electrons. The second-order valence-electron chi connectivity index (χ2n) is 6.55. The van der Waals surface area contributed by atoms with E-state index in [-0.39, 0.29) is 19.0 Å². The molecular weight excluding hydrogens is 422 g/mol. The maximum Gasteiger partial charge on any atom is 0.325 e. The van der Waals surface area contributed by atoms with Crippen molar-refractivity contribution >= 4 is 39.5 Å². The van der Waals surface area contributed by atoms with E-state index in [1.807, 2.05) is 24.3 Å². The van der Waals surface area contributed by atoms with E-state index in [0.29, 0.717) is 15.7 Å². The third-order valence-corrected chi connectivity index (χ3v) is 5.35. The average molecular weight is 442 g/mol. The summed E-state index contributed by atoms with van der Waals surface area (Å²) in [5.41, 5.74) is 0.0651. The third kappa shape index (κ3) is 3.57. The first-order valence-corrected chi connectivity index (χ1v) is 9.53. The lowest BCUT2D eigenvalue weighted by Crippen LogP contribution is -2.44. The molecule has 0 spiro atoms. The topological polar surface area (TPSA) is 69.7 Å². The SMILES string of the molecule is C=CCN(C(=O)CN1C(=O)NC(C)(c2ccccc2Br)C1=O)c1ccccc1. The number of imide groups is 1. The summed E-state index contributed by atoms with van der Waals surface area (Å²) >= 11 is 3.43. The fraction of sp³-hybridized carbons (Fsp3) is 0.190. The van der Waals surface area contributed by atoms with Crippen LogP contribution in [-0.2, 0) is 15.1 Å². The van der Waals surface area contributed by atoms with Crippen LogP contribution in [0.4, 0.5) is 10.5 Å². The molecule has 6 nitrogen and oxygen atoms in total. The molecule has 1 atom stereocenters. The fourth-order valence-corrected chi connectivity index (χ4v) is 3.88. The van der Waals surface area contributed by atoms with Crippen LogP contribution in [0.25, 0.3) is 0 Å². The molecule has 0 aromatic heterocycles. The molecule has 1 fully saturated rings. The molecule has 1 N–H and O–H groups in total. The number of benzene rings is 2. The number of hydrogen-bond acceptors (Lipinski definition) is 3. The van der Waals surface area contributed by atoms with Crippen LogP contribution in [0, 0.1) is 0 Å².